The number of aliphatic hydroxyl groups is 2. The fourth-order valence-corrected chi connectivity index (χ4v) is 6.38. The number of carbonyl (C=O) groups excluding carboxylic acids is 1. The summed E-state index contributed by atoms with van der Waals surface area (Å²) in [5.41, 5.74) is -2.22. The van der Waals surface area contributed by atoms with Crippen molar-refractivity contribution in [2.75, 3.05) is 33.4 Å². The van der Waals surface area contributed by atoms with Crippen LogP contribution >= 0.6 is 23.2 Å². The smallest absolute Gasteiger partial charge is 0.257 e. The molecule has 0 saturated carbocycles. The molecule has 11 heteroatoms. The average molecular weight is 604 g/mol. The second kappa shape index (κ2) is 11.9. The van der Waals surface area contributed by atoms with Gasteiger partial charge in [-0.2, -0.15) is 0 Å². The first-order chi connectivity index (χ1) is 19.6. The Morgan fingerprint density at radius 3 is 2.39 bits per heavy atom. The first-order valence-electron chi connectivity index (χ1n) is 13.7. The Balaban J connectivity index is 1.70. The Morgan fingerprint density at radius 1 is 1.12 bits per heavy atom. The van der Waals surface area contributed by atoms with Gasteiger partial charge in [0.1, 0.15) is 11.6 Å². The minimum atomic E-state index is -1.76. The van der Waals surface area contributed by atoms with Crippen molar-refractivity contribution in [2.45, 2.75) is 44.1 Å². The number of likely N-dealkylation sites (tertiary alicyclic amines) is 1. The van der Waals surface area contributed by atoms with E-state index in [-0.39, 0.29) is 42.6 Å². The molecule has 0 spiro atoms. The Hall–Kier alpha value is -2.66. The lowest BCUT2D eigenvalue weighted by Gasteiger charge is -2.41. The highest BCUT2D eigenvalue weighted by Crippen LogP contribution is 2.49. The molecule has 41 heavy (non-hydrogen) atoms. The molecule has 218 valence electrons. The van der Waals surface area contributed by atoms with E-state index in [0.717, 1.165) is 25.9 Å². The van der Waals surface area contributed by atoms with Crippen LogP contribution in [0.5, 0.6) is 0 Å². The first-order valence-corrected chi connectivity index (χ1v) is 14.4. The van der Waals surface area contributed by atoms with Gasteiger partial charge in [0.15, 0.2) is 5.72 Å². The standard InChI is InChI=1S/C30H33Cl2FN4O4/c1-3-29(40,19-8-10-36(2)11-9-19)21-14-24-27(25(33)15-21)30(41-13-12-38,20-4-6-22(31)7-5-20)37(28(24)39)18-26-34-16-23(32)17-35-26/h4-7,14-17,19,38,40H,3,8-13,18H2,1-2H3/t29-,30+/m0/s1. The molecule has 0 unspecified atom stereocenters. The summed E-state index contributed by atoms with van der Waals surface area (Å²) >= 11 is 12.2. The number of fused-ring (bicyclic) bond motifs is 1. The van der Waals surface area contributed by atoms with Crippen molar-refractivity contribution in [3.63, 3.8) is 0 Å². The van der Waals surface area contributed by atoms with Crippen LogP contribution in [0.3, 0.4) is 0 Å². The van der Waals surface area contributed by atoms with Gasteiger partial charge in [-0.25, -0.2) is 14.4 Å². The molecule has 2 aliphatic heterocycles. The molecule has 3 heterocycles. The number of ether oxygens (including phenoxy) is 1. The van der Waals surface area contributed by atoms with E-state index in [1.807, 2.05) is 14.0 Å². The summed E-state index contributed by atoms with van der Waals surface area (Å²) in [7, 11) is 2.04. The fraction of sp³-hybridized carbons (Fsp3) is 0.433. The van der Waals surface area contributed by atoms with Crippen molar-refractivity contribution in [3.8, 4) is 0 Å². The summed E-state index contributed by atoms with van der Waals surface area (Å²) in [5.74, 6) is -1.05. The number of halogens is 3. The quantitative estimate of drug-likeness (QED) is 0.365. The first kappa shape index (κ1) is 29.8. The number of aromatic nitrogens is 2. The van der Waals surface area contributed by atoms with Crippen LogP contribution in [-0.2, 0) is 22.6 Å². The normalized spacial score (nSPS) is 21.2. The van der Waals surface area contributed by atoms with Crippen LogP contribution < -0.4 is 0 Å². The van der Waals surface area contributed by atoms with Gasteiger partial charge in [0.25, 0.3) is 5.91 Å². The van der Waals surface area contributed by atoms with Crippen LogP contribution in [-0.4, -0.2) is 69.2 Å². The van der Waals surface area contributed by atoms with Crippen molar-refractivity contribution in [3.05, 3.63) is 92.7 Å². The number of carbonyl (C=O) groups is 1. The van der Waals surface area contributed by atoms with Gasteiger partial charge >= 0.3 is 0 Å². The largest absolute Gasteiger partial charge is 0.394 e. The second-order valence-electron chi connectivity index (χ2n) is 10.7. The van der Waals surface area contributed by atoms with Gasteiger partial charge in [-0.1, -0.05) is 42.3 Å². The van der Waals surface area contributed by atoms with E-state index >= 15 is 4.39 Å². The molecule has 2 N–H and O–H groups in total. The van der Waals surface area contributed by atoms with E-state index in [4.69, 9.17) is 27.9 Å². The second-order valence-corrected chi connectivity index (χ2v) is 11.5. The van der Waals surface area contributed by atoms with E-state index in [1.54, 1.807) is 30.3 Å². The van der Waals surface area contributed by atoms with Gasteiger partial charge in [0.05, 0.1) is 41.5 Å². The predicted octanol–water partition coefficient (Wildman–Crippen LogP) is 4.73. The number of benzene rings is 2. The third kappa shape index (κ3) is 5.35. The lowest BCUT2D eigenvalue weighted by atomic mass is 9.73. The monoisotopic (exact) mass is 602 g/mol. The van der Waals surface area contributed by atoms with Crippen LogP contribution in [0.4, 0.5) is 4.39 Å². The number of aliphatic hydroxyl groups excluding tert-OH is 1. The van der Waals surface area contributed by atoms with Gasteiger partial charge in [0, 0.05) is 23.0 Å². The summed E-state index contributed by atoms with van der Waals surface area (Å²) < 4.78 is 22.8. The summed E-state index contributed by atoms with van der Waals surface area (Å²) in [6, 6.07) is 9.49. The zero-order chi connectivity index (χ0) is 29.4. The lowest BCUT2D eigenvalue weighted by molar-refractivity contribution is -0.121. The zero-order valence-corrected chi connectivity index (χ0v) is 24.5. The lowest BCUT2D eigenvalue weighted by Crippen LogP contribution is -2.47. The van der Waals surface area contributed by atoms with Crippen molar-refractivity contribution in [1.29, 1.82) is 0 Å². The number of nitrogens with zero attached hydrogens (tertiary/aromatic N) is 4. The van der Waals surface area contributed by atoms with E-state index in [0.29, 0.717) is 27.6 Å². The molecule has 0 radical (unpaired) electrons. The molecule has 1 saturated heterocycles. The number of hydrogen-bond acceptors (Lipinski definition) is 7. The predicted molar refractivity (Wildman–Crippen MR) is 153 cm³/mol. The summed E-state index contributed by atoms with van der Waals surface area (Å²) in [6.45, 7) is 2.82. The van der Waals surface area contributed by atoms with Crippen molar-refractivity contribution in [2.24, 2.45) is 5.92 Å². The minimum absolute atomic E-state index is 0.00202. The Morgan fingerprint density at radius 2 is 1.78 bits per heavy atom. The van der Waals surface area contributed by atoms with E-state index < -0.39 is 23.1 Å². The maximum Gasteiger partial charge on any atom is 0.257 e. The third-order valence-electron chi connectivity index (χ3n) is 8.33. The third-order valence-corrected chi connectivity index (χ3v) is 8.78. The highest BCUT2D eigenvalue weighted by molar-refractivity contribution is 6.30. The minimum Gasteiger partial charge on any atom is -0.394 e. The van der Waals surface area contributed by atoms with Crippen molar-refractivity contribution in [1.82, 2.24) is 19.8 Å². The maximum atomic E-state index is 16.6. The Kier molecular flexibility index (Phi) is 8.66. The summed E-state index contributed by atoms with van der Waals surface area (Å²) in [5, 5.41) is 22.5. The highest BCUT2D eigenvalue weighted by Gasteiger charge is 2.55. The number of rotatable bonds is 9. The van der Waals surface area contributed by atoms with Crippen LogP contribution in [0.1, 0.15) is 59.1 Å². The van der Waals surface area contributed by atoms with E-state index in [9.17, 15) is 15.0 Å². The molecule has 2 aliphatic rings. The van der Waals surface area contributed by atoms with Crippen LogP contribution in [0.15, 0.2) is 48.8 Å². The fourth-order valence-electron chi connectivity index (χ4n) is 6.16. The van der Waals surface area contributed by atoms with Gasteiger partial charge in [0.2, 0.25) is 0 Å². The van der Waals surface area contributed by atoms with Crippen LogP contribution in [0.25, 0.3) is 0 Å². The van der Waals surface area contributed by atoms with Crippen LogP contribution in [0.2, 0.25) is 10.0 Å². The molecule has 5 rings (SSSR count). The Labute approximate surface area is 248 Å². The molecular weight excluding hydrogens is 570 g/mol. The molecular formula is C30H33Cl2FN4O4. The molecule has 0 aliphatic carbocycles. The van der Waals surface area contributed by atoms with Gasteiger partial charge in [-0.05, 0) is 75.1 Å². The van der Waals surface area contributed by atoms with Crippen molar-refractivity contribution < 1.29 is 24.1 Å². The molecule has 3 aromatic rings. The SMILES string of the molecule is CC[C@@](O)(c1cc(F)c2c(c1)C(=O)N(Cc1ncc(Cl)cn1)[C@@]2(OCCO)c1ccc(Cl)cc1)C1CCN(C)CC1. The van der Waals surface area contributed by atoms with Crippen LogP contribution in [0, 0.1) is 11.7 Å². The van der Waals surface area contributed by atoms with E-state index in [2.05, 4.69) is 14.9 Å². The van der Waals surface area contributed by atoms with Crippen molar-refractivity contribution >= 4 is 29.1 Å². The molecule has 2 aromatic carbocycles. The zero-order valence-electron chi connectivity index (χ0n) is 23.0. The molecule has 1 aromatic heterocycles. The maximum absolute atomic E-state index is 16.6. The molecule has 1 amide bonds. The van der Waals surface area contributed by atoms with Gasteiger partial charge < -0.3 is 19.8 Å². The van der Waals surface area contributed by atoms with Gasteiger partial charge in [-0.15, -0.1) is 0 Å². The molecule has 0 bridgehead atoms. The Bertz CT molecular complexity index is 1400. The number of hydrogen-bond donors (Lipinski definition) is 2. The molecule has 2 atom stereocenters. The summed E-state index contributed by atoms with van der Waals surface area (Å²) in [6.07, 6.45) is 4.69. The average Bonchev–Trinajstić information content (AvgIpc) is 3.21. The van der Waals surface area contributed by atoms with Gasteiger partial charge in [-0.3, -0.25) is 9.69 Å². The number of amides is 1. The number of piperidine rings is 1. The highest BCUT2D eigenvalue weighted by atomic mass is 35.5. The van der Waals surface area contributed by atoms with E-state index in [1.165, 1.54) is 23.4 Å². The molecule has 8 nitrogen and oxygen atoms in total. The summed E-state index contributed by atoms with van der Waals surface area (Å²) in [4.78, 5) is 26.3. The molecule has 1 fully saturated rings. The topological polar surface area (TPSA) is 99.0 Å².